The van der Waals surface area contributed by atoms with E-state index < -0.39 is 0 Å². The van der Waals surface area contributed by atoms with E-state index in [1.807, 2.05) is 24.4 Å². The number of methoxy groups -OCH3 is 1. The summed E-state index contributed by atoms with van der Waals surface area (Å²) in [6.07, 6.45) is 10.9. The summed E-state index contributed by atoms with van der Waals surface area (Å²) in [6, 6.07) is 6.65. The molecule has 4 rings (SSSR count). The first-order valence-electron chi connectivity index (χ1n) is 8.62. The number of nitrogens with zero attached hydrogens (tertiary/aromatic N) is 2. The van der Waals surface area contributed by atoms with Crippen molar-refractivity contribution in [3.05, 3.63) is 70.5 Å². The van der Waals surface area contributed by atoms with Crippen LogP contribution < -0.4 is 14.8 Å². The Morgan fingerprint density at radius 1 is 1.27 bits per heavy atom. The summed E-state index contributed by atoms with van der Waals surface area (Å²) in [7, 11) is 1.59. The number of aryl methyl sites for hydroxylation is 1. The quantitative estimate of drug-likeness (QED) is 0.719. The maximum atomic E-state index is 13.6. The van der Waals surface area contributed by atoms with Gasteiger partial charge in [0.25, 0.3) is 0 Å². The van der Waals surface area contributed by atoms with Gasteiger partial charge in [-0.2, -0.15) is 0 Å². The number of halogens is 1. The molecular weight excluding hydrogens is 329 g/mol. The number of aromatic nitrogens is 2. The summed E-state index contributed by atoms with van der Waals surface area (Å²) in [5.41, 5.74) is 12.4. The van der Waals surface area contributed by atoms with Crippen LogP contribution in [0, 0.1) is 19.0 Å². The molecule has 3 aromatic rings. The number of hydrogen-bond acceptors (Lipinski definition) is 2. The molecule has 1 aliphatic heterocycles. The van der Waals surface area contributed by atoms with Gasteiger partial charge in [-0.05, 0) is 61.9 Å². The van der Waals surface area contributed by atoms with Gasteiger partial charge in [0.2, 0.25) is 11.9 Å². The van der Waals surface area contributed by atoms with Gasteiger partial charge < -0.3 is 10.5 Å². The Labute approximate surface area is 151 Å². The highest BCUT2D eigenvalue weighted by Crippen LogP contribution is 2.26. The van der Waals surface area contributed by atoms with E-state index in [1.54, 1.807) is 13.2 Å². The molecule has 0 saturated carbocycles. The molecule has 0 unspecified atom stereocenters. The lowest BCUT2D eigenvalue weighted by Crippen LogP contribution is -2.24. The van der Waals surface area contributed by atoms with Crippen LogP contribution in [0.2, 0.25) is 0 Å². The summed E-state index contributed by atoms with van der Waals surface area (Å²) in [5.74, 6) is 0.359. The maximum absolute atomic E-state index is 13.6. The highest BCUT2D eigenvalue weighted by atomic mass is 19.1. The van der Waals surface area contributed by atoms with Gasteiger partial charge >= 0.3 is 0 Å². The zero-order chi connectivity index (χ0) is 18.3. The highest BCUT2D eigenvalue weighted by molar-refractivity contribution is 5.76. The molecule has 0 fully saturated rings. The predicted molar refractivity (Wildman–Crippen MR) is 101 cm³/mol. The zero-order valence-corrected chi connectivity index (χ0v) is 14.9. The molecule has 0 saturated heterocycles. The summed E-state index contributed by atoms with van der Waals surface area (Å²) in [5, 5.41) is 0. The van der Waals surface area contributed by atoms with Crippen LogP contribution in [0.15, 0.2) is 30.3 Å². The normalized spacial score (nSPS) is 12.9. The fraction of sp³-hybridized carbons (Fsp3) is 0.190. The van der Waals surface area contributed by atoms with Crippen LogP contribution >= 0.6 is 0 Å². The molecule has 0 radical (unpaired) electrons. The van der Waals surface area contributed by atoms with Crippen LogP contribution in [0.4, 0.5) is 4.39 Å². The number of benzene rings is 1. The second kappa shape index (κ2) is 6.42. The number of ether oxygens (including phenoxy) is 1. The Hall–Kier alpha value is -2.92. The number of hydrogen-bond donors (Lipinski definition) is 1. The summed E-state index contributed by atoms with van der Waals surface area (Å²) in [4.78, 5) is 0. The largest absolute Gasteiger partial charge is 0.496 e. The number of allylic oxidation sites excluding steroid dienone is 1. The van der Waals surface area contributed by atoms with Crippen LogP contribution in [0.1, 0.15) is 28.1 Å². The second-order valence-electron chi connectivity index (χ2n) is 6.39. The Morgan fingerprint density at radius 2 is 2.12 bits per heavy atom. The average Bonchev–Trinajstić information content (AvgIpc) is 3.28. The third kappa shape index (κ3) is 2.52. The minimum Gasteiger partial charge on any atom is -0.496 e. The van der Waals surface area contributed by atoms with Crippen LogP contribution in [0.5, 0.6) is 5.75 Å². The molecule has 1 aromatic carbocycles. The van der Waals surface area contributed by atoms with Gasteiger partial charge in [0.1, 0.15) is 22.8 Å². The topological polar surface area (TPSA) is 45.6 Å². The monoisotopic (exact) mass is 350 g/mol. The van der Waals surface area contributed by atoms with E-state index in [9.17, 15) is 4.39 Å². The van der Waals surface area contributed by atoms with Crippen molar-refractivity contribution in [1.82, 2.24) is 4.52 Å². The smallest absolute Gasteiger partial charge is 0.242 e. The number of fused-ring (bicyclic) bond motifs is 3. The minimum absolute atomic E-state index is 0.284. The molecular formula is C21H21FN3O+. The van der Waals surface area contributed by atoms with Crippen LogP contribution in [-0.4, -0.2) is 18.2 Å². The van der Waals surface area contributed by atoms with E-state index in [-0.39, 0.29) is 5.82 Å². The standard InChI is InChI=1S/C21H21FN3O/c1-14-12-17(7-5-15-13-16(22)6-8-20(15)26-2)25-21(14)18(9-10-23)19-4-3-11-24(19)25/h3-8,11-13H,9-10,23H2,1-2H3/q+1/b7-5+. The predicted octanol–water partition coefficient (Wildman–Crippen LogP) is 3.11. The number of rotatable bonds is 5. The fourth-order valence-corrected chi connectivity index (χ4v) is 3.67. The van der Waals surface area contributed by atoms with Gasteiger partial charge in [-0.25, -0.2) is 4.39 Å². The summed E-state index contributed by atoms with van der Waals surface area (Å²) < 4.78 is 23.3. The van der Waals surface area contributed by atoms with Gasteiger partial charge in [-0.1, -0.05) is 4.36 Å². The molecule has 1 aliphatic rings. The Balaban J connectivity index is 1.87. The first kappa shape index (κ1) is 16.5. The first-order valence-corrected chi connectivity index (χ1v) is 8.62. The van der Waals surface area contributed by atoms with Gasteiger partial charge in [0, 0.05) is 17.7 Å². The lowest BCUT2D eigenvalue weighted by molar-refractivity contribution is -0.583. The van der Waals surface area contributed by atoms with Crippen molar-refractivity contribution in [2.75, 3.05) is 13.7 Å². The molecule has 2 aromatic heterocycles. The second-order valence-corrected chi connectivity index (χ2v) is 6.39. The zero-order valence-electron chi connectivity index (χ0n) is 14.9. The van der Waals surface area contributed by atoms with Gasteiger partial charge in [-0.15, -0.1) is 4.52 Å². The van der Waals surface area contributed by atoms with Gasteiger partial charge in [0.15, 0.2) is 0 Å². The molecule has 0 bridgehead atoms. The van der Waals surface area contributed by atoms with E-state index >= 15 is 0 Å². The SMILES string of the molecule is COc1ccc(F)cc1/C=C/c1cc(C)c2c(CCN)c3[n+](n12)=CC=C3. The lowest BCUT2D eigenvalue weighted by atomic mass is 10.1. The van der Waals surface area contributed by atoms with Crippen LogP contribution in [-0.2, 0) is 6.42 Å². The molecule has 4 nitrogen and oxygen atoms in total. The fourth-order valence-electron chi connectivity index (χ4n) is 3.67. The first-order chi connectivity index (χ1) is 12.6. The molecule has 0 aliphatic carbocycles. The molecule has 5 heteroatoms. The van der Waals surface area contributed by atoms with Crippen molar-refractivity contribution in [2.24, 2.45) is 5.73 Å². The van der Waals surface area contributed by atoms with Crippen molar-refractivity contribution >= 4 is 23.7 Å². The Kier molecular flexibility index (Phi) is 4.09. The Morgan fingerprint density at radius 3 is 2.88 bits per heavy atom. The third-order valence-corrected chi connectivity index (χ3v) is 4.75. The van der Waals surface area contributed by atoms with Crippen molar-refractivity contribution in [3.8, 4) is 5.75 Å². The molecule has 0 amide bonds. The maximum Gasteiger partial charge on any atom is 0.242 e. The van der Waals surface area contributed by atoms with E-state index in [0.717, 1.165) is 12.1 Å². The van der Waals surface area contributed by atoms with E-state index in [0.29, 0.717) is 17.9 Å². The molecule has 2 N–H and O–H groups in total. The number of nitrogens with two attached hydrogens (primary N) is 1. The summed E-state index contributed by atoms with van der Waals surface area (Å²) in [6.45, 7) is 2.71. The minimum atomic E-state index is -0.284. The van der Waals surface area contributed by atoms with E-state index in [2.05, 4.69) is 27.9 Å². The van der Waals surface area contributed by atoms with Gasteiger partial charge in [-0.3, -0.25) is 0 Å². The van der Waals surface area contributed by atoms with Crippen LogP contribution in [0.25, 0.3) is 23.7 Å². The van der Waals surface area contributed by atoms with Crippen molar-refractivity contribution in [3.63, 3.8) is 0 Å². The van der Waals surface area contributed by atoms with E-state index in [1.165, 1.54) is 34.5 Å². The van der Waals surface area contributed by atoms with Crippen molar-refractivity contribution < 1.29 is 13.5 Å². The average molecular weight is 350 g/mol. The molecule has 26 heavy (non-hydrogen) atoms. The van der Waals surface area contributed by atoms with Crippen molar-refractivity contribution in [1.29, 1.82) is 0 Å². The Bertz CT molecular complexity index is 1110. The lowest BCUT2D eigenvalue weighted by Gasteiger charge is -2.03. The molecule has 0 atom stereocenters. The van der Waals surface area contributed by atoms with Crippen LogP contribution in [0.3, 0.4) is 0 Å². The molecule has 3 heterocycles. The highest BCUT2D eigenvalue weighted by Gasteiger charge is 2.26. The van der Waals surface area contributed by atoms with Crippen molar-refractivity contribution in [2.45, 2.75) is 13.3 Å². The third-order valence-electron chi connectivity index (χ3n) is 4.75. The van der Waals surface area contributed by atoms with Gasteiger partial charge in [0.05, 0.1) is 12.7 Å². The molecule has 0 spiro atoms. The van der Waals surface area contributed by atoms with E-state index in [4.69, 9.17) is 10.5 Å². The summed E-state index contributed by atoms with van der Waals surface area (Å²) >= 11 is 0. The molecule has 132 valence electrons.